The van der Waals surface area contributed by atoms with E-state index in [4.69, 9.17) is 0 Å². The summed E-state index contributed by atoms with van der Waals surface area (Å²) in [6.07, 6.45) is -0.230. The van der Waals surface area contributed by atoms with Crippen molar-refractivity contribution < 1.29 is 28.8 Å². The topological polar surface area (TPSA) is 90.0 Å². The lowest BCUT2D eigenvalue weighted by Gasteiger charge is -2.16. The van der Waals surface area contributed by atoms with Crippen molar-refractivity contribution in [1.82, 2.24) is 5.06 Å². The van der Waals surface area contributed by atoms with Crippen molar-refractivity contribution in [3.05, 3.63) is 0 Å². The molecular formula is C9H13NO6. The van der Waals surface area contributed by atoms with Gasteiger partial charge in [-0.15, -0.1) is 5.06 Å². The van der Waals surface area contributed by atoms with Crippen LogP contribution in [-0.2, 0) is 28.8 Å². The summed E-state index contributed by atoms with van der Waals surface area (Å²) in [6, 6.07) is 0. The molecule has 0 aromatic carbocycles. The molecule has 0 unspecified atom stereocenters. The molecule has 2 amide bonds. The van der Waals surface area contributed by atoms with Gasteiger partial charge in [-0.05, 0) is 0 Å². The Balaban J connectivity index is 4.23. The van der Waals surface area contributed by atoms with Crippen LogP contribution in [0.15, 0.2) is 0 Å². The number of ether oxygens (including phenoxy) is 1. The van der Waals surface area contributed by atoms with Gasteiger partial charge in [0.25, 0.3) is 11.8 Å². The van der Waals surface area contributed by atoms with Gasteiger partial charge in [0, 0.05) is 20.8 Å². The zero-order chi connectivity index (χ0) is 12.7. The molecule has 0 atom stereocenters. The van der Waals surface area contributed by atoms with Crippen LogP contribution in [0.1, 0.15) is 27.2 Å². The van der Waals surface area contributed by atoms with E-state index in [0.717, 1.165) is 13.8 Å². The van der Waals surface area contributed by atoms with Crippen LogP contribution in [-0.4, -0.2) is 35.4 Å². The number of imide groups is 1. The van der Waals surface area contributed by atoms with Crippen molar-refractivity contribution >= 4 is 23.8 Å². The highest BCUT2D eigenvalue weighted by Gasteiger charge is 2.21. The Morgan fingerprint density at radius 1 is 1.00 bits per heavy atom. The smallest absolute Gasteiger partial charge is 0.330 e. The first-order chi connectivity index (χ1) is 7.34. The van der Waals surface area contributed by atoms with Gasteiger partial charge in [0.05, 0.1) is 6.42 Å². The quantitative estimate of drug-likeness (QED) is 0.493. The van der Waals surface area contributed by atoms with Crippen LogP contribution < -0.4 is 0 Å². The Kier molecular flexibility index (Phi) is 5.76. The maximum Gasteiger partial charge on any atom is 0.330 e. The zero-order valence-electron chi connectivity index (χ0n) is 9.31. The second-order valence-electron chi connectivity index (χ2n) is 2.88. The number of nitrogens with zero attached hydrogens (tertiary/aromatic N) is 1. The Morgan fingerprint density at radius 2 is 1.56 bits per heavy atom. The van der Waals surface area contributed by atoms with E-state index in [1.54, 1.807) is 0 Å². The number of carbonyl (C=O) groups is 4. The molecule has 0 saturated heterocycles. The van der Waals surface area contributed by atoms with Gasteiger partial charge in [-0.2, -0.15) is 0 Å². The molecule has 0 heterocycles. The average molecular weight is 231 g/mol. The first kappa shape index (κ1) is 14.1. The highest BCUT2D eigenvalue weighted by atomic mass is 16.7. The van der Waals surface area contributed by atoms with Crippen molar-refractivity contribution in [1.29, 1.82) is 0 Å². The monoisotopic (exact) mass is 231 g/mol. The van der Waals surface area contributed by atoms with Crippen molar-refractivity contribution in [2.75, 3.05) is 6.61 Å². The van der Waals surface area contributed by atoms with Crippen LogP contribution in [0.5, 0.6) is 0 Å². The van der Waals surface area contributed by atoms with Gasteiger partial charge in [0.2, 0.25) is 0 Å². The SMILES string of the molecule is CC(=O)OCCC(=O)N(OC(C)=O)C(C)=O. The summed E-state index contributed by atoms with van der Waals surface area (Å²) in [6.45, 7) is 3.17. The fourth-order valence-corrected chi connectivity index (χ4v) is 0.803. The molecule has 90 valence electrons. The number of hydrogen-bond donors (Lipinski definition) is 0. The fraction of sp³-hybridized carbons (Fsp3) is 0.556. The summed E-state index contributed by atoms with van der Waals surface area (Å²) in [7, 11) is 0. The number of carbonyl (C=O) groups excluding carboxylic acids is 4. The Bertz CT molecular complexity index is 311. The largest absolute Gasteiger partial charge is 0.465 e. The van der Waals surface area contributed by atoms with Crippen LogP contribution in [0.3, 0.4) is 0 Å². The molecule has 0 aromatic rings. The molecule has 0 rings (SSSR count). The van der Waals surface area contributed by atoms with Gasteiger partial charge in [0.1, 0.15) is 6.61 Å². The van der Waals surface area contributed by atoms with Crippen LogP contribution in [0.4, 0.5) is 0 Å². The van der Waals surface area contributed by atoms with E-state index in [1.165, 1.54) is 6.92 Å². The molecule has 0 spiro atoms. The van der Waals surface area contributed by atoms with Crippen LogP contribution in [0.25, 0.3) is 0 Å². The minimum Gasteiger partial charge on any atom is -0.465 e. The molecule has 0 fully saturated rings. The summed E-state index contributed by atoms with van der Waals surface area (Å²) in [5.74, 6) is -2.78. The molecule has 0 aliphatic heterocycles. The van der Waals surface area contributed by atoms with Crippen LogP contribution in [0, 0.1) is 0 Å². The third kappa shape index (κ3) is 5.74. The molecule has 0 aromatic heterocycles. The normalized spacial score (nSPS) is 9.19. The standard InChI is InChI=1S/C9H13NO6/c1-6(11)10(16-8(3)13)9(14)4-5-15-7(2)12/h4-5H2,1-3H3. The number of amides is 2. The third-order valence-electron chi connectivity index (χ3n) is 1.35. The number of hydrogen-bond acceptors (Lipinski definition) is 6. The zero-order valence-corrected chi connectivity index (χ0v) is 9.31. The molecular weight excluding hydrogens is 218 g/mol. The van der Waals surface area contributed by atoms with Gasteiger partial charge < -0.3 is 9.57 Å². The predicted molar refractivity (Wildman–Crippen MR) is 50.5 cm³/mol. The Labute approximate surface area is 92.2 Å². The lowest BCUT2D eigenvalue weighted by Crippen LogP contribution is -2.37. The second-order valence-corrected chi connectivity index (χ2v) is 2.88. The van der Waals surface area contributed by atoms with E-state index in [-0.39, 0.29) is 13.0 Å². The van der Waals surface area contributed by atoms with E-state index in [0.29, 0.717) is 5.06 Å². The molecule has 0 bridgehead atoms. The van der Waals surface area contributed by atoms with Gasteiger partial charge >= 0.3 is 11.9 Å². The Hall–Kier alpha value is -1.92. The first-order valence-electron chi connectivity index (χ1n) is 4.50. The highest BCUT2D eigenvalue weighted by Crippen LogP contribution is 1.98. The summed E-state index contributed by atoms with van der Waals surface area (Å²) in [4.78, 5) is 47.7. The van der Waals surface area contributed by atoms with E-state index >= 15 is 0 Å². The molecule has 7 nitrogen and oxygen atoms in total. The summed E-state index contributed by atoms with van der Waals surface area (Å²) in [5, 5.41) is 0.339. The van der Waals surface area contributed by atoms with Gasteiger partial charge in [0.15, 0.2) is 0 Å². The van der Waals surface area contributed by atoms with E-state index in [9.17, 15) is 19.2 Å². The lowest BCUT2D eigenvalue weighted by atomic mass is 10.4. The number of hydroxylamine groups is 2. The van der Waals surface area contributed by atoms with E-state index in [1.807, 2.05) is 0 Å². The summed E-state index contributed by atoms with van der Waals surface area (Å²) >= 11 is 0. The maximum absolute atomic E-state index is 11.3. The van der Waals surface area contributed by atoms with Crippen molar-refractivity contribution in [2.24, 2.45) is 0 Å². The van der Waals surface area contributed by atoms with Crippen molar-refractivity contribution in [3.8, 4) is 0 Å². The second kappa shape index (κ2) is 6.54. The maximum atomic E-state index is 11.3. The minimum absolute atomic E-state index is 0.167. The van der Waals surface area contributed by atoms with E-state index < -0.39 is 23.8 Å². The molecule has 0 aliphatic rings. The molecule has 0 saturated carbocycles. The van der Waals surface area contributed by atoms with Crippen molar-refractivity contribution in [3.63, 3.8) is 0 Å². The molecule has 7 heteroatoms. The summed E-state index contributed by atoms with van der Waals surface area (Å²) < 4.78 is 4.51. The Morgan fingerprint density at radius 3 is 1.94 bits per heavy atom. The van der Waals surface area contributed by atoms with Gasteiger partial charge in [-0.1, -0.05) is 0 Å². The molecule has 0 radical (unpaired) electrons. The number of esters is 1. The van der Waals surface area contributed by atoms with Gasteiger partial charge in [-0.25, -0.2) is 4.79 Å². The van der Waals surface area contributed by atoms with E-state index in [2.05, 4.69) is 9.57 Å². The average Bonchev–Trinajstić information content (AvgIpc) is 2.12. The van der Waals surface area contributed by atoms with Gasteiger partial charge in [-0.3, -0.25) is 14.4 Å². The van der Waals surface area contributed by atoms with Crippen molar-refractivity contribution in [2.45, 2.75) is 27.2 Å². The molecule has 16 heavy (non-hydrogen) atoms. The number of rotatable bonds is 3. The minimum atomic E-state index is -0.781. The predicted octanol–water partition coefficient (Wildman–Crippen LogP) is -0.207. The molecule has 0 N–H and O–H groups in total. The van der Waals surface area contributed by atoms with Crippen LogP contribution in [0.2, 0.25) is 0 Å². The third-order valence-corrected chi connectivity index (χ3v) is 1.35. The first-order valence-corrected chi connectivity index (χ1v) is 4.50. The fourth-order valence-electron chi connectivity index (χ4n) is 0.803. The highest BCUT2D eigenvalue weighted by molar-refractivity contribution is 5.94. The lowest BCUT2D eigenvalue weighted by molar-refractivity contribution is -0.200. The van der Waals surface area contributed by atoms with Crippen LogP contribution >= 0.6 is 0 Å². The molecule has 0 aliphatic carbocycles. The summed E-state index contributed by atoms with van der Waals surface area (Å²) in [5.41, 5.74) is 0.